The lowest BCUT2D eigenvalue weighted by Crippen LogP contribution is -2.43. The van der Waals surface area contributed by atoms with Gasteiger partial charge in [-0.15, -0.1) is 0 Å². The molecule has 4 heteroatoms. The summed E-state index contributed by atoms with van der Waals surface area (Å²) < 4.78 is 0. The van der Waals surface area contributed by atoms with E-state index >= 15 is 0 Å². The maximum atomic E-state index is 8.60. The largest absolute Gasteiger partial charge is 0.368 e. The van der Waals surface area contributed by atoms with E-state index in [-0.39, 0.29) is 0 Å². The molecule has 1 saturated carbocycles. The molecule has 1 radical (unpaired) electrons. The Kier molecular flexibility index (Phi) is 2.25. The second-order valence-corrected chi connectivity index (χ2v) is 2.54. The van der Waals surface area contributed by atoms with Crippen LogP contribution in [0.15, 0.2) is 0 Å². The summed E-state index contributed by atoms with van der Waals surface area (Å²) in [5.74, 6) is -0.875. The zero-order chi connectivity index (χ0) is 7.72. The Morgan fingerprint density at radius 1 is 1.10 bits per heavy atom. The van der Waals surface area contributed by atoms with Crippen LogP contribution in [0.1, 0.15) is 6.42 Å². The lowest BCUT2D eigenvalue weighted by atomic mass is 9.73. The molecule has 0 amide bonds. The molecule has 4 N–H and O–H groups in total. The predicted molar refractivity (Wildman–Crippen MR) is 32.3 cm³/mol. The molecule has 0 aromatic heterocycles. The molecular weight excluding hydrogens is 136 g/mol. The quantitative estimate of drug-likeness (QED) is 0.356. The number of aliphatic hydroxyl groups excluding tert-OH is 2. The maximum absolute atomic E-state index is 8.60. The summed E-state index contributed by atoms with van der Waals surface area (Å²) in [6.45, 7) is 0. The highest BCUT2D eigenvalue weighted by Crippen LogP contribution is 2.36. The minimum Gasteiger partial charge on any atom is -0.368 e. The van der Waals surface area contributed by atoms with Crippen LogP contribution in [0.25, 0.3) is 0 Å². The van der Waals surface area contributed by atoms with Gasteiger partial charge in [-0.3, -0.25) is 0 Å². The van der Waals surface area contributed by atoms with Crippen LogP contribution in [0.3, 0.4) is 0 Å². The van der Waals surface area contributed by atoms with Crippen LogP contribution in [0.5, 0.6) is 0 Å². The number of rotatable bonds is 2. The molecule has 0 heterocycles. The smallest absolute Gasteiger partial charge is 0.155 e. The minimum atomic E-state index is -1.46. The van der Waals surface area contributed by atoms with Gasteiger partial charge in [-0.1, -0.05) is 0 Å². The molecule has 0 aliphatic heterocycles. The van der Waals surface area contributed by atoms with Gasteiger partial charge in [-0.2, -0.15) is 0 Å². The van der Waals surface area contributed by atoms with Crippen molar-refractivity contribution < 1.29 is 20.4 Å². The van der Waals surface area contributed by atoms with Crippen LogP contribution in [-0.4, -0.2) is 33.0 Å². The first-order valence-electron chi connectivity index (χ1n) is 3.18. The fourth-order valence-electron chi connectivity index (χ4n) is 1.11. The van der Waals surface area contributed by atoms with Crippen LogP contribution in [-0.2, 0) is 0 Å². The van der Waals surface area contributed by atoms with E-state index in [9.17, 15) is 0 Å². The standard InChI is InChI=1S/C6H11O4/c7-5(8)3-1-2-4(3)6(9)10/h1,3-10H,2H2. The van der Waals surface area contributed by atoms with Crippen molar-refractivity contribution in [1.82, 2.24) is 0 Å². The van der Waals surface area contributed by atoms with Crippen molar-refractivity contribution in [2.24, 2.45) is 11.8 Å². The van der Waals surface area contributed by atoms with Crippen molar-refractivity contribution in [2.45, 2.75) is 19.0 Å². The Morgan fingerprint density at radius 3 is 1.80 bits per heavy atom. The Morgan fingerprint density at radius 2 is 1.70 bits per heavy atom. The summed E-state index contributed by atoms with van der Waals surface area (Å²) in [6, 6.07) is 0. The van der Waals surface area contributed by atoms with Gasteiger partial charge in [0.25, 0.3) is 0 Å². The Hall–Kier alpha value is -0.160. The van der Waals surface area contributed by atoms with E-state index < -0.39 is 24.4 Å². The molecule has 1 aliphatic rings. The Balaban J connectivity index is 2.36. The first-order chi connectivity index (χ1) is 4.63. The highest BCUT2D eigenvalue weighted by Gasteiger charge is 2.39. The fourth-order valence-corrected chi connectivity index (χ4v) is 1.11. The van der Waals surface area contributed by atoms with Gasteiger partial charge in [0.1, 0.15) is 0 Å². The zero-order valence-electron chi connectivity index (χ0n) is 5.38. The van der Waals surface area contributed by atoms with Crippen molar-refractivity contribution in [2.75, 3.05) is 0 Å². The number of aliphatic hydroxyl groups is 4. The van der Waals surface area contributed by atoms with Crippen molar-refractivity contribution in [1.29, 1.82) is 0 Å². The highest BCUT2D eigenvalue weighted by atomic mass is 16.5. The second-order valence-electron chi connectivity index (χ2n) is 2.54. The van der Waals surface area contributed by atoms with Crippen LogP contribution >= 0.6 is 0 Å². The monoisotopic (exact) mass is 147 g/mol. The maximum Gasteiger partial charge on any atom is 0.155 e. The van der Waals surface area contributed by atoms with E-state index in [1.165, 1.54) is 0 Å². The van der Waals surface area contributed by atoms with E-state index in [0.717, 1.165) is 0 Å². The molecule has 2 unspecified atom stereocenters. The van der Waals surface area contributed by atoms with Gasteiger partial charge in [-0.25, -0.2) is 0 Å². The Labute approximate surface area is 58.7 Å². The summed E-state index contributed by atoms with van der Waals surface area (Å²) in [4.78, 5) is 0. The summed E-state index contributed by atoms with van der Waals surface area (Å²) in [7, 11) is 0. The Bertz CT molecular complexity index is 98.3. The van der Waals surface area contributed by atoms with E-state index in [4.69, 9.17) is 20.4 Å². The summed E-state index contributed by atoms with van der Waals surface area (Å²) in [6.07, 6.45) is -0.688. The molecule has 10 heavy (non-hydrogen) atoms. The molecule has 4 nitrogen and oxygen atoms in total. The third kappa shape index (κ3) is 1.29. The zero-order valence-corrected chi connectivity index (χ0v) is 5.38. The summed E-state index contributed by atoms with van der Waals surface area (Å²) in [5, 5.41) is 34.4. The lowest BCUT2D eigenvalue weighted by Gasteiger charge is -2.38. The molecule has 1 aliphatic carbocycles. The average Bonchev–Trinajstić information content (AvgIpc) is 1.56. The predicted octanol–water partition coefficient (Wildman–Crippen LogP) is -1.55. The van der Waals surface area contributed by atoms with Crippen LogP contribution in [0, 0.1) is 18.3 Å². The van der Waals surface area contributed by atoms with Crippen LogP contribution in [0.4, 0.5) is 0 Å². The molecule has 59 valence electrons. The first-order valence-corrected chi connectivity index (χ1v) is 3.18. The molecular formula is C6H11O4. The van der Waals surface area contributed by atoms with Gasteiger partial charge in [0, 0.05) is 11.8 Å². The van der Waals surface area contributed by atoms with Gasteiger partial charge in [-0.05, 0) is 12.8 Å². The van der Waals surface area contributed by atoms with E-state index in [1.807, 2.05) is 0 Å². The van der Waals surface area contributed by atoms with Crippen molar-refractivity contribution in [3.8, 4) is 0 Å². The van der Waals surface area contributed by atoms with Crippen LogP contribution in [0.2, 0.25) is 0 Å². The average molecular weight is 147 g/mol. The highest BCUT2D eigenvalue weighted by molar-refractivity contribution is 4.97. The third-order valence-electron chi connectivity index (χ3n) is 1.90. The summed E-state index contributed by atoms with van der Waals surface area (Å²) >= 11 is 0. The van der Waals surface area contributed by atoms with Gasteiger partial charge >= 0.3 is 0 Å². The van der Waals surface area contributed by atoms with Crippen LogP contribution < -0.4 is 0 Å². The fraction of sp³-hybridized carbons (Fsp3) is 0.833. The molecule has 0 bridgehead atoms. The first kappa shape index (κ1) is 7.94. The van der Waals surface area contributed by atoms with Gasteiger partial charge in [0.2, 0.25) is 0 Å². The molecule has 1 fully saturated rings. The van der Waals surface area contributed by atoms with Gasteiger partial charge in [0.15, 0.2) is 12.6 Å². The topological polar surface area (TPSA) is 80.9 Å². The molecule has 0 spiro atoms. The van der Waals surface area contributed by atoms with Gasteiger partial charge in [0.05, 0.1) is 0 Å². The number of hydrogen-bond donors (Lipinski definition) is 4. The second kappa shape index (κ2) is 2.84. The molecule has 0 saturated heterocycles. The normalized spacial score (nSPS) is 33.0. The molecule has 2 atom stereocenters. The summed E-state index contributed by atoms with van der Waals surface area (Å²) in [5.41, 5.74) is 0. The SMILES string of the molecule is OC(O)C1[CH]CC1C(O)O. The van der Waals surface area contributed by atoms with E-state index in [1.54, 1.807) is 6.42 Å². The number of hydrogen-bond acceptors (Lipinski definition) is 4. The van der Waals surface area contributed by atoms with Crippen molar-refractivity contribution in [3.05, 3.63) is 6.42 Å². The van der Waals surface area contributed by atoms with E-state index in [0.29, 0.717) is 6.42 Å². The third-order valence-corrected chi connectivity index (χ3v) is 1.90. The minimum absolute atomic E-state index is 0.403. The molecule has 1 rings (SSSR count). The molecule has 0 aromatic rings. The molecule has 0 aromatic carbocycles. The van der Waals surface area contributed by atoms with Crippen molar-refractivity contribution >= 4 is 0 Å². The van der Waals surface area contributed by atoms with E-state index in [2.05, 4.69) is 0 Å². The van der Waals surface area contributed by atoms with Crippen molar-refractivity contribution in [3.63, 3.8) is 0 Å². The lowest BCUT2D eigenvalue weighted by molar-refractivity contribution is -0.173. The van der Waals surface area contributed by atoms with Gasteiger partial charge < -0.3 is 20.4 Å².